The highest BCUT2D eigenvalue weighted by atomic mass is 35.5. The lowest BCUT2D eigenvalue weighted by molar-refractivity contribution is -0.115. The number of nitrogens with zero attached hydrogens (tertiary/aromatic N) is 4. The molecule has 1 atom stereocenters. The fourth-order valence-electron chi connectivity index (χ4n) is 4.78. The minimum Gasteiger partial charge on any atom is -0.325 e. The second-order valence-corrected chi connectivity index (χ2v) is 12.1. The third-order valence-corrected chi connectivity index (χ3v) is 8.57. The van der Waals surface area contributed by atoms with Gasteiger partial charge in [0.05, 0.1) is 21.5 Å². The van der Waals surface area contributed by atoms with Crippen LogP contribution in [0.1, 0.15) is 38.3 Å². The van der Waals surface area contributed by atoms with Gasteiger partial charge in [0.15, 0.2) is 0 Å². The summed E-state index contributed by atoms with van der Waals surface area (Å²) in [4.78, 5) is 54.1. The van der Waals surface area contributed by atoms with Crippen molar-refractivity contribution in [3.05, 3.63) is 67.8 Å². The molecule has 2 N–H and O–H groups in total. The van der Waals surface area contributed by atoms with Gasteiger partial charge in [-0.2, -0.15) is 5.26 Å². The Morgan fingerprint density at radius 1 is 1.12 bits per heavy atom. The lowest BCUT2D eigenvalue weighted by atomic mass is 10.2. The first-order valence-electron chi connectivity index (χ1n) is 13.1. The molecule has 3 amide bonds. The van der Waals surface area contributed by atoms with Crippen LogP contribution in [0, 0.1) is 17.2 Å². The van der Waals surface area contributed by atoms with Crippen LogP contribution in [0.3, 0.4) is 0 Å². The van der Waals surface area contributed by atoms with E-state index in [2.05, 4.69) is 10.6 Å². The van der Waals surface area contributed by atoms with E-state index in [1.165, 1.54) is 28.5 Å². The molecule has 1 saturated carbocycles. The number of halogens is 1. The van der Waals surface area contributed by atoms with Gasteiger partial charge in [0.2, 0.25) is 5.91 Å². The number of aromatic nitrogens is 2. The van der Waals surface area contributed by atoms with Gasteiger partial charge in [0.25, 0.3) is 5.56 Å². The van der Waals surface area contributed by atoms with E-state index in [0.717, 1.165) is 12.8 Å². The summed E-state index contributed by atoms with van der Waals surface area (Å²) in [6.07, 6.45) is 2.02. The molecular formula is C28H29ClN6O4S. The minimum atomic E-state index is -0.499. The number of nitrogens with one attached hydrogen (secondary N) is 2. The normalized spacial score (nSPS) is 17.1. The molecule has 0 bridgehead atoms. The number of amides is 3. The fraction of sp³-hybridized carbons (Fsp3) is 0.393. The lowest BCUT2D eigenvalue weighted by Crippen LogP contribution is -2.47. The van der Waals surface area contributed by atoms with Gasteiger partial charge in [0, 0.05) is 42.8 Å². The molecule has 1 unspecified atom stereocenters. The summed E-state index contributed by atoms with van der Waals surface area (Å²) >= 11 is 7.53. The third-order valence-electron chi connectivity index (χ3n) is 7.08. The molecular weight excluding hydrogens is 552 g/mol. The van der Waals surface area contributed by atoms with Crippen LogP contribution in [0.2, 0.25) is 5.02 Å². The first-order valence-corrected chi connectivity index (χ1v) is 14.6. The molecule has 1 aromatic heterocycles. The Labute approximate surface area is 239 Å². The van der Waals surface area contributed by atoms with E-state index in [1.807, 2.05) is 19.9 Å². The number of carbonyl (C=O) groups is 2. The van der Waals surface area contributed by atoms with Gasteiger partial charge in [-0.15, -0.1) is 11.8 Å². The predicted molar refractivity (Wildman–Crippen MR) is 157 cm³/mol. The summed E-state index contributed by atoms with van der Waals surface area (Å²) in [5.41, 5.74) is 1.10. The van der Waals surface area contributed by atoms with Crippen LogP contribution in [0.15, 0.2) is 46.0 Å². The van der Waals surface area contributed by atoms with Crippen molar-refractivity contribution in [3.8, 4) is 6.07 Å². The van der Waals surface area contributed by atoms with Crippen LogP contribution in [0.5, 0.6) is 0 Å². The van der Waals surface area contributed by atoms with Gasteiger partial charge in [-0.1, -0.05) is 11.6 Å². The third kappa shape index (κ3) is 5.74. The van der Waals surface area contributed by atoms with Gasteiger partial charge < -0.3 is 15.5 Å². The van der Waals surface area contributed by atoms with Crippen molar-refractivity contribution in [3.63, 3.8) is 0 Å². The van der Waals surface area contributed by atoms with E-state index in [4.69, 9.17) is 16.9 Å². The van der Waals surface area contributed by atoms with E-state index >= 15 is 0 Å². The van der Waals surface area contributed by atoms with Crippen LogP contribution in [0.4, 0.5) is 16.2 Å². The maximum absolute atomic E-state index is 13.3. The molecule has 0 spiro atoms. The van der Waals surface area contributed by atoms with Crippen molar-refractivity contribution < 1.29 is 9.59 Å². The maximum Gasteiger partial charge on any atom is 0.331 e. The van der Waals surface area contributed by atoms with E-state index in [9.17, 15) is 19.2 Å². The summed E-state index contributed by atoms with van der Waals surface area (Å²) in [5, 5.41) is 14.8. The Morgan fingerprint density at radius 2 is 1.85 bits per heavy atom. The van der Waals surface area contributed by atoms with E-state index in [1.54, 1.807) is 33.7 Å². The molecule has 40 heavy (non-hydrogen) atoms. The highest BCUT2D eigenvalue weighted by Gasteiger charge is 2.30. The second kappa shape index (κ2) is 11.4. The average molecular weight is 581 g/mol. The van der Waals surface area contributed by atoms with Gasteiger partial charge in [0.1, 0.15) is 11.3 Å². The van der Waals surface area contributed by atoms with Crippen molar-refractivity contribution in [1.29, 1.82) is 5.26 Å². The maximum atomic E-state index is 13.3. The first kappa shape index (κ1) is 27.8. The predicted octanol–water partition coefficient (Wildman–Crippen LogP) is 4.27. The number of nitriles is 1. The largest absolute Gasteiger partial charge is 0.331 e. The smallest absolute Gasteiger partial charge is 0.325 e. The Hall–Kier alpha value is -3.75. The standard InChI is InChI=1S/C28H29ClN6O4S/c1-16(2)35-23-8-7-19(11-21(23)26(37)34(28(35)39)14-17-3-4-17)32-27(38)33-9-10-40-24(15-33)25(36)31-20-6-5-18(13-30)22(29)12-20/h5-8,11-12,16-17,24H,3-4,9-10,14-15H2,1-2H3,(H,31,36)(H,32,38). The topological polar surface area (TPSA) is 129 Å². The van der Waals surface area contributed by atoms with Crippen molar-refractivity contribution in [1.82, 2.24) is 14.0 Å². The summed E-state index contributed by atoms with van der Waals surface area (Å²) in [6, 6.07) is 11.1. The molecule has 1 aliphatic heterocycles. The van der Waals surface area contributed by atoms with Gasteiger partial charge in [-0.25, -0.2) is 9.59 Å². The second-order valence-electron chi connectivity index (χ2n) is 10.4. The molecule has 1 saturated heterocycles. The summed E-state index contributed by atoms with van der Waals surface area (Å²) in [6.45, 7) is 4.86. The molecule has 2 heterocycles. The first-order chi connectivity index (χ1) is 19.2. The Morgan fingerprint density at radius 3 is 2.52 bits per heavy atom. The van der Waals surface area contributed by atoms with E-state index < -0.39 is 5.25 Å². The molecule has 3 aromatic rings. The number of carbonyl (C=O) groups excluding carboxylic acids is 2. The molecule has 0 radical (unpaired) electrons. The van der Waals surface area contributed by atoms with Crippen LogP contribution in [0.25, 0.3) is 10.9 Å². The molecule has 208 valence electrons. The van der Waals surface area contributed by atoms with Gasteiger partial charge >= 0.3 is 11.7 Å². The van der Waals surface area contributed by atoms with Crippen LogP contribution >= 0.6 is 23.4 Å². The highest BCUT2D eigenvalue weighted by molar-refractivity contribution is 8.00. The average Bonchev–Trinajstić information content (AvgIpc) is 3.76. The molecule has 12 heteroatoms. The molecule has 2 fully saturated rings. The zero-order valence-corrected chi connectivity index (χ0v) is 23.7. The Balaban J connectivity index is 1.32. The lowest BCUT2D eigenvalue weighted by Gasteiger charge is -2.31. The number of thioether (sulfide) groups is 1. The number of fused-ring (bicyclic) bond motifs is 1. The SMILES string of the molecule is CC(C)n1c(=O)n(CC2CC2)c(=O)c2cc(NC(=O)N3CCSC(C(=O)Nc4ccc(C#N)c(Cl)c4)C3)ccc21. The fourth-order valence-corrected chi connectivity index (χ4v) is 6.11. The van der Waals surface area contributed by atoms with Gasteiger partial charge in [-0.05, 0) is 69.0 Å². The number of hydrogen-bond acceptors (Lipinski definition) is 6. The number of benzene rings is 2. The number of rotatable bonds is 6. The zero-order valence-electron chi connectivity index (χ0n) is 22.1. The van der Waals surface area contributed by atoms with E-state index in [0.29, 0.717) is 52.6 Å². The molecule has 1 aliphatic carbocycles. The Bertz CT molecular complexity index is 1660. The zero-order chi connectivity index (χ0) is 28.6. The van der Waals surface area contributed by atoms with Crippen LogP contribution in [-0.2, 0) is 11.3 Å². The highest BCUT2D eigenvalue weighted by Crippen LogP contribution is 2.30. The Kier molecular flexibility index (Phi) is 7.92. The van der Waals surface area contributed by atoms with Crippen molar-refractivity contribution in [2.24, 2.45) is 5.92 Å². The summed E-state index contributed by atoms with van der Waals surface area (Å²) < 4.78 is 2.94. The van der Waals surface area contributed by atoms with Gasteiger partial charge in [-0.3, -0.25) is 18.7 Å². The summed E-state index contributed by atoms with van der Waals surface area (Å²) in [5.74, 6) is 0.656. The van der Waals surface area contributed by atoms with E-state index in [-0.39, 0.29) is 40.8 Å². The molecule has 10 nitrogen and oxygen atoms in total. The number of anilines is 2. The molecule has 2 aromatic carbocycles. The molecule has 2 aliphatic rings. The number of hydrogen-bond donors (Lipinski definition) is 2. The minimum absolute atomic E-state index is 0.143. The van der Waals surface area contributed by atoms with Crippen LogP contribution < -0.4 is 21.9 Å². The monoisotopic (exact) mass is 580 g/mol. The molecule has 5 rings (SSSR count). The van der Waals surface area contributed by atoms with Crippen molar-refractivity contribution >= 4 is 57.6 Å². The summed E-state index contributed by atoms with van der Waals surface area (Å²) in [7, 11) is 0. The quantitative estimate of drug-likeness (QED) is 0.448. The van der Waals surface area contributed by atoms with Crippen LogP contribution in [-0.4, -0.2) is 50.1 Å². The van der Waals surface area contributed by atoms with Crippen molar-refractivity contribution in [2.75, 3.05) is 29.5 Å². The number of urea groups is 1. The van der Waals surface area contributed by atoms with Crippen molar-refractivity contribution in [2.45, 2.75) is 44.5 Å².